The number of halogens is 4. The van der Waals surface area contributed by atoms with E-state index in [0.29, 0.717) is 0 Å². The van der Waals surface area contributed by atoms with Crippen LogP contribution in [0.2, 0.25) is 0 Å². The van der Waals surface area contributed by atoms with Crippen molar-refractivity contribution in [1.82, 2.24) is 0 Å². The molecule has 0 amide bonds. The molecule has 2 aliphatic rings. The topological polar surface area (TPSA) is 0 Å². The molecule has 0 aromatic heterocycles. The van der Waals surface area contributed by atoms with Gasteiger partial charge < -0.3 is 0 Å². The van der Waals surface area contributed by atoms with Gasteiger partial charge in [-0.1, -0.05) is 0 Å². The van der Waals surface area contributed by atoms with Crippen LogP contribution in [0.5, 0.6) is 0 Å². The maximum atomic E-state index is 8.15. The molecule has 3 aromatic rings. The molecule has 2 atom stereocenters. The van der Waals surface area contributed by atoms with Crippen LogP contribution in [-0.2, 0) is 16.2 Å². The summed E-state index contributed by atoms with van der Waals surface area (Å²) in [5.41, 5.74) is 8.73. The Hall–Kier alpha value is -0.372. The quantitative estimate of drug-likeness (QED) is 0.245. The van der Waals surface area contributed by atoms with Crippen LogP contribution in [0, 0.1) is 0 Å². The first-order valence-electron chi connectivity index (χ1n) is 10.7. The van der Waals surface area contributed by atoms with Crippen LogP contribution < -0.4 is 5.46 Å². The van der Waals surface area contributed by atoms with Crippen LogP contribution in [0.25, 0.3) is 12.2 Å². The van der Waals surface area contributed by atoms with E-state index in [1.165, 1.54) is 38.9 Å². The maximum absolute atomic E-state index is 8.15. The van der Waals surface area contributed by atoms with Crippen LogP contribution in [0.1, 0.15) is 43.4 Å². The molecule has 0 spiro atoms. The first-order chi connectivity index (χ1) is 15.2. The zero-order valence-electron chi connectivity index (χ0n) is 17.9. The summed E-state index contributed by atoms with van der Waals surface area (Å²) in [5, 5.41) is 0. The van der Waals surface area contributed by atoms with E-state index in [1.807, 2.05) is 0 Å². The molecule has 6 heteroatoms. The van der Waals surface area contributed by atoms with Crippen LogP contribution in [0.15, 0.2) is 86.8 Å². The Kier molecular flexibility index (Phi) is 6.12. The Labute approximate surface area is 215 Å². The molecule has 0 fully saturated rings. The Morgan fingerprint density at radius 3 is 1.62 bits per heavy atom. The predicted octanol–water partition coefficient (Wildman–Crippen LogP) is 8.50. The average Bonchev–Trinajstić information content (AvgIpc) is 3.28. The fraction of sp³-hybridized carbons (Fsp3) is 0.154. The molecule has 0 aliphatic heterocycles. The zero-order valence-corrected chi connectivity index (χ0v) is 25.0. The summed E-state index contributed by atoms with van der Waals surface area (Å²) in [6.45, 7) is 4.41. The third-order valence-corrected chi connectivity index (χ3v) is 27.4. The van der Waals surface area contributed by atoms with Crippen molar-refractivity contribution in [3.05, 3.63) is 109 Å². The van der Waals surface area contributed by atoms with E-state index in [-0.39, 0.29) is 7.25 Å². The number of benzene rings is 3. The summed E-state index contributed by atoms with van der Waals surface area (Å²) in [7, 11) is 16.3. The number of fused-ring (bicyclic) bond motifs is 2. The molecule has 0 N–H and O–H groups in total. The number of rotatable bonds is 4. The third-order valence-electron chi connectivity index (χ3n) is 7.01. The third kappa shape index (κ3) is 3.64. The summed E-state index contributed by atoms with van der Waals surface area (Å²) < 4.78 is 2.30. The molecule has 0 bridgehead atoms. The molecule has 0 radical (unpaired) electrons. The molecule has 0 heterocycles. The summed E-state index contributed by atoms with van der Waals surface area (Å²) in [6.07, 6.45) is 4.56. The minimum atomic E-state index is -4.75. The van der Waals surface area contributed by atoms with E-state index in [1.54, 1.807) is 0 Å². The van der Waals surface area contributed by atoms with Crippen molar-refractivity contribution < 1.29 is 16.2 Å². The first kappa shape index (κ1) is 23.4. The molecule has 2 unspecified atom stereocenters. The second-order valence-corrected chi connectivity index (χ2v) is 32.9. The van der Waals surface area contributed by atoms with E-state index in [2.05, 4.69) is 125 Å². The Morgan fingerprint density at radius 2 is 1.16 bits per heavy atom. The van der Waals surface area contributed by atoms with Gasteiger partial charge in [-0.2, -0.15) is 0 Å². The molecule has 0 saturated carbocycles. The average molecular weight is 667 g/mol. The van der Waals surface area contributed by atoms with Gasteiger partial charge in [0.15, 0.2) is 0 Å². The number of allylic oxidation sites excluding steroid dienone is 2. The molecule has 3 aromatic carbocycles. The molecule has 32 heavy (non-hydrogen) atoms. The standard InChI is InChI=1S/2C10H8Br.C6H6B.2ClH.Zr/c2*1-7-5-8-3-2-4-10(11)9(8)6-7;7-6-4-2-1-3-5-6;;;/h2*2-6H,1H3;1-5,7H;2*1H;/q;;+1;;;+1/p-2. The van der Waals surface area contributed by atoms with E-state index in [9.17, 15) is 0 Å². The van der Waals surface area contributed by atoms with Gasteiger partial charge in [0.2, 0.25) is 0 Å². The Morgan fingerprint density at radius 1 is 0.688 bits per heavy atom. The minimum absolute atomic E-state index is 0.0470. The molecule has 2 aliphatic carbocycles. The van der Waals surface area contributed by atoms with Crippen LogP contribution in [0.3, 0.4) is 0 Å². The normalized spacial score (nSPS) is 20.6. The summed E-state index contributed by atoms with van der Waals surface area (Å²) >= 11 is 2.76. The van der Waals surface area contributed by atoms with Crippen molar-refractivity contribution in [3.8, 4) is 0 Å². The van der Waals surface area contributed by atoms with Gasteiger partial charge in [-0.25, -0.2) is 0 Å². The van der Waals surface area contributed by atoms with Gasteiger partial charge in [0.25, 0.3) is 0 Å². The summed E-state index contributed by atoms with van der Waals surface area (Å²) in [5.74, 6) is 0. The number of hydrogen-bond acceptors (Lipinski definition) is 0. The molecular weight excluding hydrogens is 645 g/mol. The van der Waals surface area contributed by atoms with E-state index >= 15 is 0 Å². The van der Waals surface area contributed by atoms with Crippen molar-refractivity contribution in [2.24, 2.45) is 0 Å². The van der Waals surface area contributed by atoms with Crippen LogP contribution >= 0.6 is 48.9 Å². The van der Waals surface area contributed by atoms with Gasteiger partial charge >= 0.3 is 218 Å². The van der Waals surface area contributed by atoms with Gasteiger partial charge in [-0.15, -0.1) is 0 Å². The number of hydrogen-bond donors (Lipinski definition) is 0. The predicted molar refractivity (Wildman–Crippen MR) is 146 cm³/mol. The van der Waals surface area contributed by atoms with Gasteiger partial charge in [0, 0.05) is 0 Å². The fourth-order valence-electron chi connectivity index (χ4n) is 5.95. The van der Waals surface area contributed by atoms with Gasteiger partial charge in [-0.3, -0.25) is 0 Å². The second-order valence-electron chi connectivity index (χ2n) is 9.14. The first-order valence-corrected chi connectivity index (χ1v) is 23.2. The van der Waals surface area contributed by atoms with Gasteiger partial charge in [0.1, 0.15) is 0 Å². The zero-order chi connectivity index (χ0) is 22.7. The molecule has 0 nitrogen and oxygen atoms in total. The van der Waals surface area contributed by atoms with E-state index in [4.69, 9.17) is 17.0 Å². The molecule has 0 saturated heterocycles. The van der Waals surface area contributed by atoms with Crippen LogP contribution in [0.4, 0.5) is 0 Å². The van der Waals surface area contributed by atoms with Crippen molar-refractivity contribution in [1.29, 1.82) is 0 Å². The van der Waals surface area contributed by atoms with E-state index < -0.39 is 16.2 Å². The van der Waals surface area contributed by atoms with E-state index in [0.717, 1.165) is 13.8 Å². The molecule has 5 rings (SSSR count). The summed E-state index contributed by atoms with van der Waals surface area (Å²) in [6, 6.07) is 23.4. The van der Waals surface area contributed by atoms with Crippen molar-refractivity contribution in [2.75, 3.05) is 0 Å². The molecule has 161 valence electrons. The second kappa shape index (κ2) is 8.38. The van der Waals surface area contributed by atoms with Gasteiger partial charge in [0.05, 0.1) is 0 Å². The molecular formula is C26H22BBr2Cl2Zr. The summed E-state index contributed by atoms with van der Waals surface area (Å²) in [4.78, 5) is 0.731. The van der Waals surface area contributed by atoms with Crippen molar-refractivity contribution >= 4 is 71.3 Å². The van der Waals surface area contributed by atoms with Crippen molar-refractivity contribution in [2.45, 2.75) is 21.1 Å². The van der Waals surface area contributed by atoms with Crippen molar-refractivity contribution in [3.63, 3.8) is 0 Å². The Bertz CT molecular complexity index is 1220. The fourth-order valence-corrected chi connectivity index (χ4v) is 29.3. The Balaban J connectivity index is 1.79. The van der Waals surface area contributed by atoms with Gasteiger partial charge in [-0.05, 0) is 0 Å². The van der Waals surface area contributed by atoms with Crippen LogP contribution in [-0.4, -0.2) is 4.82 Å². The monoisotopic (exact) mass is 663 g/mol. The SMILES string of the molecule is CC1=Cc2c(Br)cccc2[CH]1[Zr]([Cl])([Cl])([BH]c1ccccc1)[CH]1C(C)=Cc2c(Br)cccc21.